The van der Waals surface area contributed by atoms with Crippen LogP contribution >= 0.6 is 0 Å². The Morgan fingerprint density at radius 3 is 2.80 bits per heavy atom. The van der Waals surface area contributed by atoms with E-state index in [1.807, 2.05) is 19.1 Å². The molecule has 1 aromatic rings. The van der Waals surface area contributed by atoms with Gasteiger partial charge in [0.1, 0.15) is 5.82 Å². The van der Waals surface area contributed by atoms with Gasteiger partial charge >= 0.3 is 0 Å². The predicted octanol–water partition coefficient (Wildman–Crippen LogP) is 4.37. The minimum Gasteiger partial charge on any atom is -0.207 e. The Hall–Kier alpha value is -1.37. The van der Waals surface area contributed by atoms with Crippen molar-refractivity contribution in [1.82, 2.24) is 0 Å². The van der Waals surface area contributed by atoms with E-state index >= 15 is 0 Å². The minimum absolute atomic E-state index is 0.193. The summed E-state index contributed by atoms with van der Waals surface area (Å²) < 4.78 is 13.1. The van der Waals surface area contributed by atoms with Crippen molar-refractivity contribution in [3.8, 4) is 0 Å². The quantitative estimate of drug-likeness (QED) is 0.625. The second-order valence-electron chi connectivity index (χ2n) is 3.59. The molecule has 1 aromatic carbocycles. The zero-order valence-corrected chi connectivity index (χ0v) is 9.22. The van der Waals surface area contributed by atoms with Gasteiger partial charge in [0.2, 0.25) is 0 Å². The summed E-state index contributed by atoms with van der Waals surface area (Å²) >= 11 is 0. The lowest BCUT2D eigenvalue weighted by molar-refractivity contribution is 0.626. The van der Waals surface area contributed by atoms with Crippen molar-refractivity contribution in [2.24, 2.45) is 0 Å². The maximum Gasteiger partial charge on any atom is 0.123 e. The van der Waals surface area contributed by atoms with Gasteiger partial charge in [-0.25, -0.2) is 4.39 Å². The van der Waals surface area contributed by atoms with Gasteiger partial charge in [0.15, 0.2) is 0 Å². The van der Waals surface area contributed by atoms with E-state index in [-0.39, 0.29) is 5.82 Å². The Bertz CT molecular complexity index is 364. The number of hydrogen-bond acceptors (Lipinski definition) is 0. The molecule has 1 rings (SSSR count). The van der Waals surface area contributed by atoms with Crippen molar-refractivity contribution in [3.05, 3.63) is 54.4 Å². The number of rotatable bonds is 5. The van der Waals surface area contributed by atoms with Gasteiger partial charge in [0.05, 0.1) is 0 Å². The van der Waals surface area contributed by atoms with Crippen molar-refractivity contribution in [2.45, 2.75) is 26.2 Å². The monoisotopic (exact) mass is 204 g/mol. The minimum atomic E-state index is -0.193. The first-order valence-electron chi connectivity index (χ1n) is 5.26. The summed E-state index contributed by atoms with van der Waals surface area (Å²) in [5, 5.41) is 0. The van der Waals surface area contributed by atoms with Gasteiger partial charge in [-0.3, -0.25) is 0 Å². The molecule has 15 heavy (non-hydrogen) atoms. The SMILES string of the molecule is C=CCCc1ccc(F)cc1C(=C)CC. The molecule has 0 atom stereocenters. The fraction of sp³-hybridized carbons (Fsp3) is 0.286. The fourth-order valence-electron chi connectivity index (χ4n) is 1.54. The van der Waals surface area contributed by atoms with Crippen LogP contribution in [0.4, 0.5) is 4.39 Å². The van der Waals surface area contributed by atoms with Gasteiger partial charge in [0.25, 0.3) is 0 Å². The second kappa shape index (κ2) is 5.50. The topological polar surface area (TPSA) is 0 Å². The lowest BCUT2D eigenvalue weighted by atomic mass is 9.96. The molecule has 0 bridgehead atoms. The van der Waals surface area contributed by atoms with E-state index in [1.165, 1.54) is 6.07 Å². The third-order valence-corrected chi connectivity index (χ3v) is 2.50. The van der Waals surface area contributed by atoms with Crippen LogP contribution in [0.1, 0.15) is 30.9 Å². The number of hydrogen-bond donors (Lipinski definition) is 0. The average Bonchev–Trinajstić information content (AvgIpc) is 2.26. The standard InChI is InChI=1S/C14H17F/c1-4-6-7-12-8-9-13(15)10-14(12)11(3)5-2/h4,8-10H,1,3,5-7H2,2H3. The summed E-state index contributed by atoms with van der Waals surface area (Å²) in [6.07, 6.45) is 4.54. The van der Waals surface area contributed by atoms with Gasteiger partial charge in [-0.2, -0.15) is 0 Å². The van der Waals surface area contributed by atoms with Gasteiger partial charge in [-0.1, -0.05) is 25.6 Å². The highest BCUT2D eigenvalue weighted by molar-refractivity contribution is 5.66. The van der Waals surface area contributed by atoms with Crippen LogP contribution in [-0.4, -0.2) is 0 Å². The van der Waals surface area contributed by atoms with Crippen LogP contribution in [-0.2, 0) is 6.42 Å². The predicted molar refractivity (Wildman–Crippen MR) is 64.2 cm³/mol. The molecule has 1 heteroatoms. The Balaban J connectivity index is 3.02. The van der Waals surface area contributed by atoms with E-state index in [1.54, 1.807) is 6.07 Å². The molecular formula is C14H17F. The molecule has 0 N–H and O–H groups in total. The Morgan fingerprint density at radius 1 is 1.47 bits per heavy atom. The number of halogens is 1. The van der Waals surface area contributed by atoms with Crippen molar-refractivity contribution in [1.29, 1.82) is 0 Å². The number of aryl methyl sites for hydroxylation is 1. The lowest BCUT2D eigenvalue weighted by Gasteiger charge is -2.10. The highest BCUT2D eigenvalue weighted by Gasteiger charge is 2.05. The molecule has 0 heterocycles. The smallest absolute Gasteiger partial charge is 0.123 e. The zero-order valence-electron chi connectivity index (χ0n) is 9.22. The van der Waals surface area contributed by atoms with Crippen LogP contribution in [0.15, 0.2) is 37.4 Å². The maximum atomic E-state index is 13.1. The summed E-state index contributed by atoms with van der Waals surface area (Å²) in [7, 11) is 0. The highest BCUT2D eigenvalue weighted by Crippen LogP contribution is 2.22. The van der Waals surface area contributed by atoms with Crippen LogP contribution < -0.4 is 0 Å². The van der Waals surface area contributed by atoms with Crippen molar-refractivity contribution in [3.63, 3.8) is 0 Å². The molecule has 0 aliphatic carbocycles. The molecule has 0 aliphatic rings. The second-order valence-corrected chi connectivity index (χ2v) is 3.59. The van der Waals surface area contributed by atoms with Gasteiger partial charge in [-0.15, -0.1) is 6.58 Å². The zero-order chi connectivity index (χ0) is 11.3. The van der Waals surface area contributed by atoms with Crippen LogP contribution in [0.25, 0.3) is 5.57 Å². The molecule has 0 saturated heterocycles. The van der Waals surface area contributed by atoms with E-state index < -0.39 is 0 Å². The van der Waals surface area contributed by atoms with Gasteiger partial charge in [0, 0.05) is 0 Å². The molecule has 0 saturated carbocycles. The summed E-state index contributed by atoms with van der Waals surface area (Å²) in [5.41, 5.74) is 3.11. The van der Waals surface area contributed by atoms with Gasteiger partial charge in [-0.05, 0) is 48.1 Å². The van der Waals surface area contributed by atoms with E-state index in [2.05, 4.69) is 13.2 Å². The first-order chi connectivity index (χ1) is 7.19. The number of benzene rings is 1. The molecule has 0 fully saturated rings. The Kier molecular flexibility index (Phi) is 4.29. The van der Waals surface area contributed by atoms with E-state index in [0.717, 1.165) is 36.0 Å². The summed E-state index contributed by atoms with van der Waals surface area (Å²) in [6.45, 7) is 9.68. The number of allylic oxidation sites excluding steroid dienone is 2. The summed E-state index contributed by atoms with van der Waals surface area (Å²) in [5.74, 6) is -0.193. The van der Waals surface area contributed by atoms with E-state index in [0.29, 0.717) is 0 Å². The van der Waals surface area contributed by atoms with E-state index in [4.69, 9.17) is 0 Å². The molecule has 0 nitrogen and oxygen atoms in total. The summed E-state index contributed by atoms with van der Waals surface area (Å²) in [4.78, 5) is 0. The molecule has 0 radical (unpaired) electrons. The third-order valence-electron chi connectivity index (χ3n) is 2.50. The lowest BCUT2D eigenvalue weighted by Crippen LogP contribution is -1.94. The molecular weight excluding hydrogens is 187 g/mol. The molecule has 0 aliphatic heterocycles. The average molecular weight is 204 g/mol. The Labute approximate surface area is 91.1 Å². The van der Waals surface area contributed by atoms with Crippen molar-refractivity contribution >= 4 is 5.57 Å². The Morgan fingerprint density at radius 2 is 2.20 bits per heavy atom. The van der Waals surface area contributed by atoms with Crippen molar-refractivity contribution in [2.75, 3.05) is 0 Å². The van der Waals surface area contributed by atoms with Crippen molar-refractivity contribution < 1.29 is 4.39 Å². The largest absolute Gasteiger partial charge is 0.207 e. The first kappa shape index (κ1) is 11.7. The fourth-order valence-corrected chi connectivity index (χ4v) is 1.54. The van der Waals surface area contributed by atoms with Crippen LogP contribution in [0, 0.1) is 5.82 Å². The molecule has 0 amide bonds. The van der Waals surface area contributed by atoms with Crippen LogP contribution in [0.5, 0.6) is 0 Å². The van der Waals surface area contributed by atoms with Crippen LogP contribution in [0.2, 0.25) is 0 Å². The molecule has 0 aromatic heterocycles. The third kappa shape index (κ3) is 3.05. The van der Waals surface area contributed by atoms with Crippen LogP contribution in [0.3, 0.4) is 0 Å². The molecule has 0 spiro atoms. The van der Waals surface area contributed by atoms with E-state index in [9.17, 15) is 4.39 Å². The first-order valence-corrected chi connectivity index (χ1v) is 5.26. The summed E-state index contributed by atoms with van der Waals surface area (Å²) in [6, 6.07) is 4.92. The highest BCUT2D eigenvalue weighted by atomic mass is 19.1. The van der Waals surface area contributed by atoms with Gasteiger partial charge < -0.3 is 0 Å². The molecule has 0 unspecified atom stereocenters. The molecule has 80 valence electrons. The normalized spacial score (nSPS) is 10.0. The maximum absolute atomic E-state index is 13.1.